The van der Waals surface area contributed by atoms with Crippen LogP contribution in [0.25, 0.3) is 0 Å². The van der Waals surface area contributed by atoms with Crippen LogP contribution in [0.15, 0.2) is 0 Å². The molecule has 0 saturated carbocycles. The molecule has 0 rings (SSSR count). The van der Waals surface area contributed by atoms with Crippen molar-refractivity contribution in [1.82, 2.24) is 5.32 Å². The van der Waals surface area contributed by atoms with Crippen molar-refractivity contribution in [2.45, 2.75) is 6.42 Å². The van der Waals surface area contributed by atoms with Gasteiger partial charge in [-0.1, -0.05) is 0 Å². The predicted octanol–water partition coefficient (Wildman–Crippen LogP) is 0.273. The van der Waals surface area contributed by atoms with E-state index in [9.17, 15) is 4.79 Å². The number of carbonyl (C=O) groups excluding carboxylic acids is 1. The maximum atomic E-state index is 10.4. The van der Waals surface area contributed by atoms with E-state index in [0.717, 1.165) is 0 Å². The van der Waals surface area contributed by atoms with Gasteiger partial charge in [0, 0.05) is 19.5 Å². The number of nitriles is 1. The van der Waals surface area contributed by atoms with Gasteiger partial charge in [-0.15, -0.1) is 0 Å². The quantitative estimate of drug-likeness (QED) is 0.476. The lowest BCUT2D eigenvalue weighted by Gasteiger charge is -2.02. The smallest absolute Gasteiger partial charge is 0.438 e. The molecular formula is C7H12N2O3. The van der Waals surface area contributed by atoms with Crippen LogP contribution in [-0.2, 0) is 9.47 Å². The van der Waals surface area contributed by atoms with Gasteiger partial charge in [-0.2, -0.15) is 5.26 Å². The van der Waals surface area contributed by atoms with Crippen molar-refractivity contribution in [1.29, 1.82) is 5.26 Å². The van der Waals surface area contributed by atoms with Crippen LogP contribution in [-0.4, -0.2) is 33.0 Å². The highest BCUT2D eigenvalue weighted by Gasteiger charge is 1.97. The van der Waals surface area contributed by atoms with Crippen LogP contribution >= 0.6 is 0 Å². The molecule has 0 unspecified atom stereocenters. The number of carbonyl (C=O) groups is 1. The third kappa shape index (κ3) is 6.83. The Kier molecular flexibility index (Phi) is 6.99. The van der Waals surface area contributed by atoms with Crippen molar-refractivity contribution in [3.8, 4) is 6.07 Å². The molecule has 0 spiro atoms. The Balaban J connectivity index is 3.01. The molecule has 0 aliphatic rings. The molecule has 0 bridgehead atoms. The topological polar surface area (TPSA) is 71.3 Å². The van der Waals surface area contributed by atoms with Crippen molar-refractivity contribution in [3.63, 3.8) is 0 Å². The Labute approximate surface area is 71.3 Å². The Morgan fingerprint density at radius 3 is 2.92 bits per heavy atom. The fourth-order valence-electron chi connectivity index (χ4n) is 0.535. The first kappa shape index (κ1) is 10.7. The third-order valence-electron chi connectivity index (χ3n) is 1.08. The SMILES string of the molecule is COC(=O)OCCNCCC#N. The van der Waals surface area contributed by atoms with Crippen LogP contribution in [0.1, 0.15) is 6.42 Å². The second kappa shape index (κ2) is 7.82. The lowest BCUT2D eigenvalue weighted by Crippen LogP contribution is -2.22. The van der Waals surface area contributed by atoms with Crippen molar-refractivity contribution in [2.24, 2.45) is 0 Å². The predicted molar refractivity (Wildman–Crippen MR) is 41.5 cm³/mol. The highest BCUT2D eigenvalue weighted by atomic mass is 16.7. The minimum absolute atomic E-state index is 0.262. The summed E-state index contributed by atoms with van der Waals surface area (Å²) >= 11 is 0. The molecule has 0 amide bonds. The van der Waals surface area contributed by atoms with Gasteiger partial charge in [-0.3, -0.25) is 0 Å². The summed E-state index contributed by atoms with van der Waals surface area (Å²) in [6.45, 7) is 1.41. The third-order valence-corrected chi connectivity index (χ3v) is 1.08. The molecule has 0 aromatic rings. The minimum Gasteiger partial charge on any atom is -0.438 e. The molecule has 12 heavy (non-hydrogen) atoms. The Bertz CT molecular complexity index is 165. The van der Waals surface area contributed by atoms with E-state index in [0.29, 0.717) is 19.5 Å². The van der Waals surface area contributed by atoms with E-state index >= 15 is 0 Å². The van der Waals surface area contributed by atoms with Gasteiger partial charge in [-0.25, -0.2) is 4.79 Å². The van der Waals surface area contributed by atoms with Crippen molar-refractivity contribution >= 4 is 6.16 Å². The Morgan fingerprint density at radius 2 is 2.33 bits per heavy atom. The summed E-state index contributed by atoms with van der Waals surface area (Å²) in [6, 6.07) is 1.98. The van der Waals surface area contributed by atoms with E-state index in [1.54, 1.807) is 0 Å². The number of rotatable bonds is 5. The summed E-state index contributed by atoms with van der Waals surface area (Å²) < 4.78 is 8.80. The van der Waals surface area contributed by atoms with Gasteiger partial charge in [0.15, 0.2) is 0 Å². The normalized spacial score (nSPS) is 8.67. The average molecular weight is 172 g/mol. The van der Waals surface area contributed by atoms with E-state index < -0.39 is 6.16 Å². The number of nitrogens with zero attached hydrogens (tertiary/aromatic N) is 1. The van der Waals surface area contributed by atoms with Crippen molar-refractivity contribution < 1.29 is 14.3 Å². The number of nitrogens with one attached hydrogen (secondary N) is 1. The molecule has 0 aliphatic carbocycles. The van der Waals surface area contributed by atoms with Gasteiger partial charge in [0.1, 0.15) is 6.61 Å². The molecule has 0 radical (unpaired) electrons. The summed E-state index contributed by atoms with van der Waals surface area (Å²) in [6.07, 6.45) is -0.227. The van der Waals surface area contributed by atoms with Gasteiger partial charge in [0.05, 0.1) is 13.2 Å². The number of hydrogen-bond donors (Lipinski definition) is 1. The standard InChI is InChI=1S/C7H12N2O3/c1-11-7(10)12-6-5-9-4-2-3-8/h9H,2,4-6H2,1H3. The first-order valence-electron chi connectivity index (χ1n) is 3.59. The molecule has 0 aliphatic heterocycles. The highest BCUT2D eigenvalue weighted by Crippen LogP contribution is 1.80. The van der Waals surface area contributed by atoms with Gasteiger partial charge in [-0.05, 0) is 0 Å². The van der Waals surface area contributed by atoms with Crippen molar-refractivity contribution in [3.05, 3.63) is 0 Å². The van der Waals surface area contributed by atoms with E-state index in [-0.39, 0.29) is 6.61 Å². The molecule has 0 fully saturated rings. The Morgan fingerprint density at radius 1 is 1.58 bits per heavy atom. The van der Waals surface area contributed by atoms with Crippen LogP contribution in [0.5, 0.6) is 0 Å². The molecule has 0 heterocycles. The molecule has 0 atom stereocenters. The van der Waals surface area contributed by atoms with Crippen molar-refractivity contribution in [2.75, 3.05) is 26.8 Å². The van der Waals surface area contributed by atoms with Crippen LogP contribution < -0.4 is 5.32 Å². The van der Waals surface area contributed by atoms with E-state index in [4.69, 9.17) is 5.26 Å². The van der Waals surface area contributed by atoms with Gasteiger partial charge >= 0.3 is 6.16 Å². The second-order valence-electron chi connectivity index (χ2n) is 1.96. The largest absolute Gasteiger partial charge is 0.508 e. The molecular weight excluding hydrogens is 160 g/mol. The van der Waals surface area contributed by atoms with E-state index in [1.165, 1.54) is 7.11 Å². The molecule has 0 aromatic carbocycles. The van der Waals surface area contributed by atoms with E-state index in [1.807, 2.05) is 6.07 Å². The molecule has 0 aromatic heterocycles. The number of methoxy groups -OCH3 is 1. The average Bonchev–Trinajstić information content (AvgIpc) is 2.10. The highest BCUT2D eigenvalue weighted by molar-refractivity contribution is 5.59. The zero-order valence-electron chi connectivity index (χ0n) is 7.00. The molecule has 5 nitrogen and oxygen atoms in total. The number of ether oxygens (including phenoxy) is 2. The lowest BCUT2D eigenvalue weighted by molar-refractivity contribution is 0.0735. The molecule has 0 saturated heterocycles. The summed E-state index contributed by atoms with van der Waals surface area (Å²) in [7, 11) is 1.26. The lowest BCUT2D eigenvalue weighted by atomic mass is 10.4. The fraction of sp³-hybridized carbons (Fsp3) is 0.714. The van der Waals surface area contributed by atoms with Gasteiger partial charge in [0.25, 0.3) is 0 Å². The maximum absolute atomic E-state index is 10.4. The fourth-order valence-corrected chi connectivity index (χ4v) is 0.535. The zero-order chi connectivity index (χ0) is 9.23. The molecule has 5 heteroatoms. The van der Waals surface area contributed by atoms with Crippen LogP contribution in [0.3, 0.4) is 0 Å². The number of hydrogen-bond acceptors (Lipinski definition) is 5. The first-order chi connectivity index (χ1) is 5.81. The van der Waals surface area contributed by atoms with Crippen LogP contribution in [0, 0.1) is 11.3 Å². The van der Waals surface area contributed by atoms with Gasteiger partial charge in [0.2, 0.25) is 0 Å². The molecule has 68 valence electrons. The second-order valence-corrected chi connectivity index (χ2v) is 1.96. The molecule has 1 N–H and O–H groups in total. The monoisotopic (exact) mass is 172 g/mol. The zero-order valence-corrected chi connectivity index (χ0v) is 7.00. The first-order valence-corrected chi connectivity index (χ1v) is 3.59. The van der Waals surface area contributed by atoms with Gasteiger partial charge < -0.3 is 14.8 Å². The van der Waals surface area contributed by atoms with Crippen LogP contribution in [0.4, 0.5) is 4.79 Å². The summed E-state index contributed by atoms with van der Waals surface area (Å²) in [4.78, 5) is 10.4. The summed E-state index contributed by atoms with van der Waals surface area (Å²) in [5.74, 6) is 0. The summed E-state index contributed by atoms with van der Waals surface area (Å²) in [5, 5.41) is 11.1. The Hall–Kier alpha value is -1.28. The minimum atomic E-state index is -0.683. The maximum Gasteiger partial charge on any atom is 0.508 e. The van der Waals surface area contributed by atoms with E-state index in [2.05, 4.69) is 14.8 Å². The summed E-state index contributed by atoms with van der Waals surface area (Å²) in [5.41, 5.74) is 0. The van der Waals surface area contributed by atoms with Crippen LogP contribution in [0.2, 0.25) is 0 Å².